The molecule has 0 unspecified atom stereocenters. The molecule has 1 saturated heterocycles. The Hall–Kier alpha value is -2.37. The molecule has 1 heterocycles. The molecule has 28 heavy (non-hydrogen) atoms. The molecule has 3 aliphatic rings. The average Bonchev–Trinajstić information content (AvgIpc) is 2.99. The van der Waals surface area contributed by atoms with Crippen LogP contribution in [-0.2, 0) is 14.4 Å². The van der Waals surface area contributed by atoms with E-state index in [1.165, 1.54) is 0 Å². The molecule has 0 spiro atoms. The molecule has 2 atom stereocenters. The molecule has 1 N–H and O–H groups in total. The highest BCUT2D eigenvalue weighted by molar-refractivity contribution is 6.05. The van der Waals surface area contributed by atoms with Crippen molar-refractivity contribution in [1.82, 2.24) is 4.90 Å². The van der Waals surface area contributed by atoms with E-state index in [-0.39, 0.29) is 41.5 Å². The molecule has 0 radical (unpaired) electrons. The summed E-state index contributed by atoms with van der Waals surface area (Å²) in [6.45, 7) is 0. The predicted molar refractivity (Wildman–Crippen MR) is 105 cm³/mol. The first kappa shape index (κ1) is 19.0. The number of methoxy groups -OCH3 is 1. The summed E-state index contributed by atoms with van der Waals surface area (Å²) < 4.78 is 5.13. The maximum atomic E-state index is 12.8. The lowest BCUT2D eigenvalue weighted by Gasteiger charge is -2.33. The number of ether oxygens (including phenoxy) is 1. The summed E-state index contributed by atoms with van der Waals surface area (Å²) in [7, 11) is 1.61. The molecule has 4 rings (SSSR count). The van der Waals surface area contributed by atoms with Crippen molar-refractivity contribution in [3.8, 4) is 5.75 Å². The van der Waals surface area contributed by atoms with Crippen LogP contribution >= 0.6 is 0 Å². The van der Waals surface area contributed by atoms with Gasteiger partial charge in [-0.15, -0.1) is 0 Å². The molecule has 6 heteroatoms. The molecule has 0 bridgehead atoms. The molecule has 2 saturated carbocycles. The normalized spacial score (nSPS) is 30.1. The summed E-state index contributed by atoms with van der Waals surface area (Å²) >= 11 is 0. The number of rotatable bonds is 4. The topological polar surface area (TPSA) is 75.7 Å². The number of carbonyl (C=O) groups excluding carboxylic acids is 3. The number of nitrogens with one attached hydrogen (secondary N) is 1. The summed E-state index contributed by atoms with van der Waals surface area (Å²) in [5, 5.41) is 2.96. The number of hydrogen-bond acceptors (Lipinski definition) is 4. The van der Waals surface area contributed by atoms with Crippen LogP contribution in [0.1, 0.15) is 51.4 Å². The highest BCUT2D eigenvalue weighted by Gasteiger charge is 2.50. The van der Waals surface area contributed by atoms with Gasteiger partial charge in [-0.3, -0.25) is 19.3 Å². The minimum atomic E-state index is -0.0858. The highest BCUT2D eigenvalue weighted by Crippen LogP contribution is 2.41. The van der Waals surface area contributed by atoms with Crippen molar-refractivity contribution in [3.05, 3.63) is 24.3 Å². The van der Waals surface area contributed by atoms with E-state index < -0.39 is 0 Å². The van der Waals surface area contributed by atoms with Crippen molar-refractivity contribution in [2.45, 2.75) is 57.4 Å². The van der Waals surface area contributed by atoms with Crippen molar-refractivity contribution in [2.75, 3.05) is 12.4 Å². The molecular weight excluding hydrogens is 356 g/mol. The maximum absolute atomic E-state index is 12.8. The number of imide groups is 1. The Morgan fingerprint density at radius 2 is 1.50 bits per heavy atom. The van der Waals surface area contributed by atoms with Crippen LogP contribution in [0, 0.1) is 17.8 Å². The molecule has 3 amide bonds. The molecule has 1 aliphatic heterocycles. The first-order chi connectivity index (χ1) is 13.6. The molecule has 150 valence electrons. The standard InChI is InChI=1S/C22H28N2O4/c1-28-17-12-8-15(9-13-17)23-20(25)14-6-10-16(11-7-14)24-21(26)18-4-2-3-5-19(18)22(24)27/h8-9,12-14,16,18-19H,2-7,10-11H2,1H3,(H,23,25)/t14?,16?,18-,19-/m1/s1. The molecular formula is C22H28N2O4. The monoisotopic (exact) mass is 384 g/mol. The third-order valence-corrected chi connectivity index (χ3v) is 6.67. The van der Waals surface area contributed by atoms with E-state index in [4.69, 9.17) is 4.74 Å². The van der Waals surface area contributed by atoms with E-state index in [1.54, 1.807) is 12.0 Å². The van der Waals surface area contributed by atoms with Gasteiger partial charge in [0.05, 0.1) is 18.9 Å². The zero-order valence-corrected chi connectivity index (χ0v) is 16.4. The van der Waals surface area contributed by atoms with Crippen LogP contribution < -0.4 is 10.1 Å². The fraction of sp³-hybridized carbons (Fsp3) is 0.591. The SMILES string of the molecule is COc1ccc(NC(=O)C2CCC(N3C(=O)[C@@H]4CCCC[C@H]4C3=O)CC2)cc1. The number of amides is 3. The smallest absolute Gasteiger partial charge is 0.233 e. The van der Waals surface area contributed by atoms with Gasteiger partial charge in [0.1, 0.15) is 5.75 Å². The van der Waals surface area contributed by atoms with Crippen molar-refractivity contribution in [1.29, 1.82) is 0 Å². The van der Waals surface area contributed by atoms with Crippen molar-refractivity contribution in [3.63, 3.8) is 0 Å². The van der Waals surface area contributed by atoms with Crippen LogP contribution in [0.25, 0.3) is 0 Å². The van der Waals surface area contributed by atoms with Gasteiger partial charge >= 0.3 is 0 Å². The summed E-state index contributed by atoms with van der Waals surface area (Å²) in [6, 6.07) is 7.25. The minimum Gasteiger partial charge on any atom is -0.497 e. The second-order valence-corrected chi connectivity index (χ2v) is 8.27. The minimum absolute atomic E-state index is 0.0105. The van der Waals surface area contributed by atoms with E-state index in [0.717, 1.165) is 50.0 Å². The van der Waals surface area contributed by atoms with Crippen LogP contribution in [0.4, 0.5) is 5.69 Å². The Kier molecular flexibility index (Phi) is 5.38. The van der Waals surface area contributed by atoms with Crippen LogP contribution in [0.3, 0.4) is 0 Å². The van der Waals surface area contributed by atoms with Crippen LogP contribution in [0.2, 0.25) is 0 Å². The maximum Gasteiger partial charge on any atom is 0.233 e. The first-order valence-corrected chi connectivity index (χ1v) is 10.4. The number of nitrogens with zero attached hydrogens (tertiary/aromatic N) is 1. The fourth-order valence-corrected chi connectivity index (χ4v) is 5.06. The second kappa shape index (κ2) is 7.94. The number of anilines is 1. The number of likely N-dealkylation sites (tertiary alicyclic amines) is 1. The number of benzene rings is 1. The second-order valence-electron chi connectivity index (χ2n) is 8.27. The number of hydrogen-bond donors (Lipinski definition) is 1. The van der Waals surface area contributed by atoms with Crippen molar-refractivity contribution >= 4 is 23.4 Å². The van der Waals surface area contributed by atoms with Gasteiger partial charge in [-0.2, -0.15) is 0 Å². The van der Waals surface area contributed by atoms with E-state index in [1.807, 2.05) is 24.3 Å². The zero-order valence-electron chi connectivity index (χ0n) is 16.4. The van der Waals surface area contributed by atoms with Gasteiger partial charge in [-0.25, -0.2) is 0 Å². The molecule has 2 aliphatic carbocycles. The van der Waals surface area contributed by atoms with Crippen molar-refractivity contribution in [2.24, 2.45) is 17.8 Å². The average molecular weight is 384 g/mol. The van der Waals surface area contributed by atoms with Gasteiger partial charge in [-0.05, 0) is 62.8 Å². The summed E-state index contributed by atoms with van der Waals surface area (Å²) in [4.78, 5) is 39.7. The van der Waals surface area contributed by atoms with Crippen LogP contribution in [0.15, 0.2) is 24.3 Å². The Morgan fingerprint density at radius 3 is 2.04 bits per heavy atom. The fourth-order valence-electron chi connectivity index (χ4n) is 5.06. The van der Waals surface area contributed by atoms with Crippen LogP contribution in [0.5, 0.6) is 5.75 Å². The Labute approximate surface area is 165 Å². The molecule has 3 fully saturated rings. The van der Waals surface area contributed by atoms with Crippen LogP contribution in [-0.4, -0.2) is 35.8 Å². The number of carbonyl (C=O) groups is 3. The van der Waals surface area contributed by atoms with Gasteiger partial charge in [-0.1, -0.05) is 12.8 Å². The zero-order chi connectivity index (χ0) is 19.7. The third-order valence-electron chi connectivity index (χ3n) is 6.67. The van der Waals surface area contributed by atoms with Gasteiger partial charge in [0, 0.05) is 17.6 Å². The molecule has 1 aromatic carbocycles. The van der Waals surface area contributed by atoms with Gasteiger partial charge in [0.25, 0.3) is 0 Å². The molecule has 6 nitrogen and oxygen atoms in total. The third kappa shape index (κ3) is 3.52. The highest BCUT2D eigenvalue weighted by atomic mass is 16.5. The molecule has 1 aromatic rings. The molecule has 0 aromatic heterocycles. The van der Waals surface area contributed by atoms with E-state index in [2.05, 4.69) is 5.32 Å². The van der Waals surface area contributed by atoms with Gasteiger partial charge in [0.15, 0.2) is 0 Å². The van der Waals surface area contributed by atoms with Gasteiger partial charge < -0.3 is 10.1 Å². The Morgan fingerprint density at radius 1 is 0.929 bits per heavy atom. The Balaban J connectivity index is 1.33. The van der Waals surface area contributed by atoms with Crippen molar-refractivity contribution < 1.29 is 19.1 Å². The number of fused-ring (bicyclic) bond motifs is 1. The predicted octanol–water partition coefficient (Wildman–Crippen LogP) is 3.37. The Bertz CT molecular complexity index is 728. The largest absolute Gasteiger partial charge is 0.497 e. The lowest BCUT2D eigenvalue weighted by atomic mass is 9.81. The summed E-state index contributed by atoms with van der Waals surface area (Å²) in [6.07, 6.45) is 6.66. The first-order valence-electron chi connectivity index (χ1n) is 10.4. The summed E-state index contributed by atoms with van der Waals surface area (Å²) in [5.74, 6) is 0.597. The summed E-state index contributed by atoms with van der Waals surface area (Å²) in [5.41, 5.74) is 0.752. The lowest BCUT2D eigenvalue weighted by Crippen LogP contribution is -2.43. The van der Waals surface area contributed by atoms with E-state index in [0.29, 0.717) is 12.8 Å². The lowest BCUT2D eigenvalue weighted by molar-refractivity contribution is -0.143. The van der Waals surface area contributed by atoms with Gasteiger partial charge in [0.2, 0.25) is 17.7 Å². The van der Waals surface area contributed by atoms with E-state index >= 15 is 0 Å². The quantitative estimate of drug-likeness (QED) is 0.808. The van der Waals surface area contributed by atoms with E-state index in [9.17, 15) is 14.4 Å².